The standard InChI is InChI=1S/C19H21N3O5/c1-12-6-5-7-16(13(12)2)20-18(23)11-21(3)19(24)15-10-14(22(25)26)8-9-17(15)27-4/h5-10H,11H2,1-4H3,(H,20,23). The van der Waals surface area contributed by atoms with Crippen LogP contribution in [0.4, 0.5) is 11.4 Å². The van der Waals surface area contributed by atoms with Gasteiger partial charge in [-0.3, -0.25) is 19.7 Å². The van der Waals surface area contributed by atoms with Gasteiger partial charge in [0.25, 0.3) is 11.6 Å². The van der Waals surface area contributed by atoms with Crippen LogP contribution in [0.5, 0.6) is 5.75 Å². The van der Waals surface area contributed by atoms with Crippen molar-refractivity contribution in [2.45, 2.75) is 13.8 Å². The number of rotatable bonds is 6. The van der Waals surface area contributed by atoms with E-state index < -0.39 is 10.8 Å². The van der Waals surface area contributed by atoms with Gasteiger partial charge in [-0.15, -0.1) is 0 Å². The van der Waals surface area contributed by atoms with E-state index in [1.54, 1.807) is 6.07 Å². The van der Waals surface area contributed by atoms with Crippen LogP contribution >= 0.6 is 0 Å². The Balaban J connectivity index is 2.15. The van der Waals surface area contributed by atoms with Crippen molar-refractivity contribution >= 4 is 23.2 Å². The molecule has 0 unspecified atom stereocenters. The maximum absolute atomic E-state index is 12.7. The van der Waals surface area contributed by atoms with Crippen molar-refractivity contribution in [1.82, 2.24) is 4.90 Å². The number of hydrogen-bond donors (Lipinski definition) is 1. The third-order valence-electron chi connectivity index (χ3n) is 4.23. The van der Waals surface area contributed by atoms with Crippen LogP contribution in [0.25, 0.3) is 0 Å². The summed E-state index contributed by atoms with van der Waals surface area (Å²) >= 11 is 0. The first kappa shape index (κ1) is 19.9. The predicted molar refractivity (Wildman–Crippen MR) is 101 cm³/mol. The summed E-state index contributed by atoms with van der Waals surface area (Å²) in [6, 6.07) is 9.31. The molecule has 0 spiro atoms. The molecule has 2 aromatic rings. The number of non-ortho nitro benzene ring substituents is 1. The monoisotopic (exact) mass is 371 g/mol. The average molecular weight is 371 g/mol. The minimum atomic E-state index is -0.594. The highest BCUT2D eigenvalue weighted by atomic mass is 16.6. The van der Waals surface area contributed by atoms with Gasteiger partial charge in [-0.05, 0) is 37.1 Å². The summed E-state index contributed by atoms with van der Waals surface area (Å²) < 4.78 is 5.11. The first-order valence-corrected chi connectivity index (χ1v) is 8.18. The lowest BCUT2D eigenvalue weighted by Crippen LogP contribution is -2.35. The SMILES string of the molecule is COc1ccc([N+](=O)[O-])cc1C(=O)N(C)CC(=O)Nc1cccc(C)c1C. The molecule has 0 aliphatic heterocycles. The van der Waals surface area contributed by atoms with Gasteiger partial charge in [0.1, 0.15) is 5.75 Å². The third-order valence-corrected chi connectivity index (χ3v) is 4.23. The molecule has 0 bridgehead atoms. The number of likely N-dealkylation sites (N-methyl/N-ethyl adjacent to an activating group) is 1. The number of nitrogens with zero attached hydrogens (tertiary/aromatic N) is 2. The number of methoxy groups -OCH3 is 1. The van der Waals surface area contributed by atoms with Crippen molar-refractivity contribution in [3.8, 4) is 5.75 Å². The molecule has 8 nitrogen and oxygen atoms in total. The van der Waals surface area contributed by atoms with Crippen LogP contribution in [0.3, 0.4) is 0 Å². The molecule has 2 amide bonds. The number of anilines is 1. The van der Waals surface area contributed by atoms with Crippen LogP contribution in [-0.4, -0.2) is 42.3 Å². The summed E-state index contributed by atoms with van der Waals surface area (Å²) in [5, 5.41) is 13.7. The van der Waals surface area contributed by atoms with E-state index in [-0.39, 0.29) is 29.5 Å². The lowest BCUT2D eigenvalue weighted by molar-refractivity contribution is -0.384. The van der Waals surface area contributed by atoms with Crippen molar-refractivity contribution in [2.24, 2.45) is 0 Å². The zero-order valence-electron chi connectivity index (χ0n) is 15.6. The van der Waals surface area contributed by atoms with Gasteiger partial charge in [-0.25, -0.2) is 0 Å². The van der Waals surface area contributed by atoms with Crippen molar-refractivity contribution < 1.29 is 19.2 Å². The quantitative estimate of drug-likeness (QED) is 0.621. The van der Waals surface area contributed by atoms with Gasteiger partial charge in [0.15, 0.2) is 0 Å². The summed E-state index contributed by atoms with van der Waals surface area (Å²) in [7, 11) is 2.81. The molecule has 0 atom stereocenters. The van der Waals surface area contributed by atoms with Crippen LogP contribution in [-0.2, 0) is 4.79 Å². The number of benzene rings is 2. The topological polar surface area (TPSA) is 102 Å². The van der Waals surface area contributed by atoms with E-state index in [0.29, 0.717) is 5.69 Å². The highest BCUT2D eigenvalue weighted by molar-refractivity contribution is 6.01. The smallest absolute Gasteiger partial charge is 0.270 e. The number of nitro groups is 1. The second kappa shape index (κ2) is 8.31. The summed E-state index contributed by atoms with van der Waals surface area (Å²) in [5.41, 5.74) is 2.45. The maximum Gasteiger partial charge on any atom is 0.270 e. The normalized spacial score (nSPS) is 10.2. The minimum Gasteiger partial charge on any atom is -0.496 e. The molecular weight excluding hydrogens is 350 g/mol. The van der Waals surface area contributed by atoms with Crippen molar-refractivity contribution in [2.75, 3.05) is 26.0 Å². The Morgan fingerprint density at radius 1 is 1.22 bits per heavy atom. The summed E-state index contributed by atoms with van der Waals surface area (Å²) in [6.07, 6.45) is 0. The number of ether oxygens (including phenoxy) is 1. The summed E-state index contributed by atoms with van der Waals surface area (Å²) in [4.78, 5) is 36.5. The predicted octanol–water partition coefficient (Wildman–Crippen LogP) is 2.93. The Morgan fingerprint density at radius 3 is 2.56 bits per heavy atom. The van der Waals surface area contributed by atoms with E-state index in [1.165, 1.54) is 31.2 Å². The van der Waals surface area contributed by atoms with Crippen molar-refractivity contribution in [3.05, 3.63) is 63.2 Å². The van der Waals surface area contributed by atoms with E-state index in [1.807, 2.05) is 26.0 Å². The second-order valence-electron chi connectivity index (χ2n) is 6.10. The maximum atomic E-state index is 12.7. The number of aryl methyl sites for hydroxylation is 1. The fraction of sp³-hybridized carbons (Fsp3) is 0.263. The van der Waals surface area contributed by atoms with Gasteiger partial charge in [-0.1, -0.05) is 12.1 Å². The molecule has 0 saturated heterocycles. The number of nitrogens with one attached hydrogen (secondary N) is 1. The molecule has 0 heterocycles. The number of nitro benzene ring substituents is 1. The summed E-state index contributed by atoms with van der Waals surface area (Å²) in [6.45, 7) is 3.63. The lowest BCUT2D eigenvalue weighted by Gasteiger charge is -2.19. The molecule has 2 rings (SSSR count). The van der Waals surface area contributed by atoms with E-state index in [2.05, 4.69) is 5.32 Å². The Morgan fingerprint density at radius 2 is 1.93 bits per heavy atom. The highest BCUT2D eigenvalue weighted by Crippen LogP contribution is 2.25. The molecular formula is C19H21N3O5. The number of carbonyl (C=O) groups excluding carboxylic acids is 2. The minimum absolute atomic E-state index is 0.0220. The van der Waals surface area contributed by atoms with Gasteiger partial charge >= 0.3 is 0 Å². The number of amides is 2. The first-order chi connectivity index (χ1) is 12.7. The first-order valence-electron chi connectivity index (χ1n) is 8.18. The van der Waals surface area contributed by atoms with Crippen LogP contribution in [0, 0.1) is 24.0 Å². The van der Waals surface area contributed by atoms with Crippen LogP contribution in [0.15, 0.2) is 36.4 Å². The zero-order valence-corrected chi connectivity index (χ0v) is 15.6. The third kappa shape index (κ3) is 4.60. The van der Waals surface area contributed by atoms with Crippen molar-refractivity contribution in [3.63, 3.8) is 0 Å². The Labute approximate surface area is 156 Å². The fourth-order valence-corrected chi connectivity index (χ4v) is 2.55. The lowest BCUT2D eigenvalue weighted by atomic mass is 10.1. The van der Waals surface area contributed by atoms with E-state index in [9.17, 15) is 19.7 Å². The molecule has 0 aromatic heterocycles. The Hall–Kier alpha value is -3.42. The Bertz CT molecular complexity index is 895. The molecule has 0 saturated carbocycles. The van der Waals surface area contributed by atoms with E-state index in [4.69, 9.17) is 4.74 Å². The zero-order chi connectivity index (χ0) is 20.1. The van der Waals surface area contributed by atoms with E-state index >= 15 is 0 Å². The van der Waals surface area contributed by atoms with Gasteiger partial charge < -0.3 is 15.0 Å². The molecule has 2 aromatic carbocycles. The second-order valence-corrected chi connectivity index (χ2v) is 6.10. The van der Waals surface area contributed by atoms with Gasteiger partial charge in [-0.2, -0.15) is 0 Å². The van der Waals surface area contributed by atoms with Gasteiger partial charge in [0.05, 0.1) is 24.1 Å². The van der Waals surface area contributed by atoms with E-state index in [0.717, 1.165) is 17.2 Å². The molecule has 27 heavy (non-hydrogen) atoms. The van der Waals surface area contributed by atoms with Gasteiger partial charge in [0.2, 0.25) is 5.91 Å². The van der Waals surface area contributed by atoms with Crippen LogP contribution in [0.1, 0.15) is 21.5 Å². The number of hydrogen-bond acceptors (Lipinski definition) is 5. The molecule has 142 valence electrons. The largest absolute Gasteiger partial charge is 0.496 e. The van der Waals surface area contributed by atoms with Crippen LogP contribution < -0.4 is 10.1 Å². The highest BCUT2D eigenvalue weighted by Gasteiger charge is 2.22. The number of carbonyl (C=O) groups is 2. The average Bonchev–Trinajstić information content (AvgIpc) is 2.64. The molecule has 1 N–H and O–H groups in total. The molecule has 0 aliphatic rings. The van der Waals surface area contributed by atoms with Crippen LogP contribution in [0.2, 0.25) is 0 Å². The molecule has 0 aliphatic carbocycles. The Kier molecular flexibility index (Phi) is 6.12. The van der Waals surface area contributed by atoms with Crippen molar-refractivity contribution in [1.29, 1.82) is 0 Å². The summed E-state index contributed by atoms with van der Waals surface area (Å²) in [5.74, 6) is -0.719. The fourth-order valence-electron chi connectivity index (χ4n) is 2.55. The van der Waals surface area contributed by atoms with Gasteiger partial charge in [0, 0.05) is 24.9 Å². The molecule has 0 radical (unpaired) electrons. The molecule has 8 heteroatoms. The molecule has 0 fully saturated rings.